The van der Waals surface area contributed by atoms with E-state index < -0.39 is 0 Å². The molecule has 1 atom stereocenters. The quantitative estimate of drug-likeness (QED) is 0.856. The molecule has 1 amide bonds. The van der Waals surface area contributed by atoms with Crippen molar-refractivity contribution in [2.24, 2.45) is 7.05 Å². The van der Waals surface area contributed by atoms with Crippen LogP contribution in [0.3, 0.4) is 0 Å². The summed E-state index contributed by atoms with van der Waals surface area (Å²) in [5.74, 6) is 2.04. The molecule has 0 spiro atoms. The number of thioether (sulfide) groups is 1. The van der Waals surface area contributed by atoms with Gasteiger partial charge < -0.3 is 9.47 Å². The number of hydrogen-bond donors (Lipinski definition) is 0. The Morgan fingerprint density at radius 1 is 1.45 bits per heavy atom. The zero-order chi connectivity index (χ0) is 14.1. The molecule has 1 fully saturated rings. The second-order valence-corrected chi connectivity index (χ2v) is 6.95. The highest BCUT2D eigenvalue weighted by Crippen LogP contribution is 2.31. The van der Waals surface area contributed by atoms with Gasteiger partial charge in [-0.15, -0.1) is 11.3 Å². The van der Waals surface area contributed by atoms with Crippen molar-refractivity contribution in [2.45, 2.75) is 13.0 Å². The minimum atomic E-state index is 0.108. The van der Waals surface area contributed by atoms with E-state index in [9.17, 15) is 4.79 Å². The van der Waals surface area contributed by atoms with Crippen LogP contribution in [0, 0.1) is 6.92 Å². The third-order valence-electron chi connectivity index (χ3n) is 3.72. The molecule has 6 heteroatoms. The summed E-state index contributed by atoms with van der Waals surface area (Å²) in [5.41, 5.74) is 1.86. The van der Waals surface area contributed by atoms with Gasteiger partial charge in [0.2, 0.25) is 0 Å². The summed E-state index contributed by atoms with van der Waals surface area (Å²) >= 11 is 3.52. The van der Waals surface area contributed by atoms with Gasteiger partial charge in [0.15, 0.2) is 0 Å². The van der Waals surface area contributed by atoms with Gasteiger partial charge in [-0.2, -0.15) is 11.8 Å². The third kappa shape index (κ3) is 2.38. The standard InChI is InChI=1S/C14H17N3OS2/c1-10-3-4-11(16(10)2)14(18)17-6-8-19-9-12(17)13-15-5-7-20-13/h3-5,7,12H,6,8-9H2,1-2H3. The fraction of sp³-hybridized carbons (Fsp3) is 0.429. The summed E-state index contributed by atoms with van der Waals surface area (Å²) in [6, 6.07) is 4.01. The molecular formula is C14H17N3OS2. The highest BCUT2D eigenvalue weighted by atomic mass is 32.2. The van der Waals surface area contributed by atoms with Gasteiger partial charge in [0.25, 0.3) is 5.91 Å². The number of rotatable bonds is 2. The Labute approximate surface area is 126 Å². The van der Waals surface area contributed by atoms with Crippen LogP contribution in [0.15, 0.2) is 23.7 Å². The van der Waals surface area contributed by atoms with Crippen molar-refractivity contribution < 1.29 is 4.79 Å². The molecule has 1 unspecified atom stereocenters. The molecule has 4 nitrogen and oxygen atoms in total. The zero-order valence-corrected chi connectivity index (χ0v) is 13.2. The zero-order valence-electron chi connectivity index (χ0n) is 11.6. The summed E-state index contributed by atoms with van der Waals surface area (Å²) in [5, 5.41) is 3.01. The molecule has 0 saturated carbocycles. The molecule has 0 bridgehead atoms. The molecule has 20 heavy (non-hydrogen) atoms. The molecular weight excluding hydrogens is 290 g/mol. The molecule has 0 aliphatic carbocycles. The van der Waals surface area contributed by atoms with E-state index in [0.717, 1.165) is 34.4 Å². The Kier molecular flexibility index (Phi) is 3.85. The van der Waals surface area contributed by atoms with Gasteiger partial charge in [0.05, 0.1) is 6.04 Å². The van der Waals surface area contributed by atoms with Gasteiger partial charge in [0, 0.05) is 42.4 Å². The van der Waals surface area contributed by atoms with E-state index in [4.69, 9.17) is 0 Å². The molecule has 0 N–H and O–H groups in total. The minimum absolute atomic E-state index is 0.108. The minimum Gasteiger partial charge on any atom is -0.344 e. The SMILES string of the molecule is Cc1ccc(C(=O)N2CCSCC2c2nccs2)n1C. The summed E-state index contributed by atoms with van der Waals surface area (Å²) in [4.78, 5) is 19.2. The predicted octanol–water partition coefficient (Wildman–Crippen LogP) is 2.72. The number of hydrogen-bond acceptors (Lipinski definition) is 4. The van der Waals surface area contributed by atoms with E-state index in [1.807, 2.05) is 58.9 Å². The van der Waals surface area contributed by atoms with Crippen molar-refractivity contribution in [3.8, 4) is 0 Å². The van der Waals surface area contributed by atoms with Crippen LogP contribution in [0.2, 0.25) is 0 Å². The van der Waals surface area contributed by atoms with E-state index in [0.29, 0.717) is 0 Å². The average Bonchev–Trinajstić information content (AvgIpc) is 3.10. The van der Waals surface area contributed by atoms with E-state index in [1.54, 1.807) is 11.3 Å². The largest absolute Gasteiger partial charge is 0.344 e. The molecule has 1 aliphatic rings. The number of nitrogens with zero attached hydrogens (tertiary/aromatic N) is 3. The Morgan fingerprint density at radius 2 is 2.30 bits per heavy atom. The normalized spacial score (nSPS) is 19.3. The summed E-state index contributed by atoms with van der Waals surface area (Å²) in [6.45, 7) is 2.80. The maximum absolute atomic E-state index is 12.8. The Bertz CT molecular complexity index is 606. The van der Waals surface area contributed by atoms with Crippen LogP contribution in [0.1, 0.15) is 27.2 Å². The molecule has 2 aromatic rings. The number of carbonyl (C=O) groups excluding carboxylic acids is 1. The average molecular weight is 307 g/mol. The lowest BCUT2D eigenvalue weighted by molar-refractivity contribution is 0.0691. The highest BCUT2D eigenvalue weighted by Gasteiger charge is 2.31. The first-order valence-electron chi connectivity index (χ1n) is 6.59. The van der Waals surface area contributed by atoms with E-state index in [1.165, 1.54) is 0 Å². The smallest absolute Gasteiger partial charge is 0.271 e. The van der Waals surface area contributed by atoms with Crippen LogP contribution in [-0.2, 0) is 7.05 Å². The number of aryl methyl sites for hydroxylation is 1. The molecule has 1 saturated heterocycles. The molecule has 3 heterocycles. The second kappa shape index (κ2) is 5.61. The molecule has 3 rings (SSSR count). The van der Waals surface area contributed by atoms with Crippen molar-refractivity contribution in [3.05, 3.63) is 40.1 Å². The van der Waals surface area contributed by atoms with Gasteiger partial charge in [-0.05, 0) is 19.1 Å². The maximum atomic E-state index is 12.8. The van der Waals surface area contributed by atoms with Crippen molar-refractivity contribution in [3.63, 3.8) is 0 Å². The highest BCUT2D eigenvalue weighted by molar-refractivity contribution is 7.99. The topological polar surface area (TPSA) is 38.1 Å². The first-order valence-corrected chi connectivity index (χ1v) is 8.62. The summed E-state index contributed by atoms with van der Waals surface area (Å²) in [6.07, 6.45) is 1.81. The number of thiazole rings is 1. The lowest BCUT2D eigenvalue weighted by atomic mass is 10.2. The van der Waals surface area contributed by atoms with Gasteiger partial charge in [-0.25, -0.2) is 4.98 Å². The van der Waals surface area contributed by atoms with Crippen LogP contribution in [0.4, 0.5) is 0 Å². The Hall–Kier alpha value is -1.27. The van der Waals surface area contributed by atoms with Crippen LogP contribution < -0.4 is 0 Å². The molecule has 0 aromatic carbocycles. The van der Waals surface area contributed by atoms with Crippen molar-refractivity contribution in [2.75, 3.05) is 18.1 Å². The maximum Gasteiger partial charge on any atom is 0.271 e. The third-order valence-corrected chi connectivity index (χ3v) is 5.62. The van der Waals surface area contributed by atoms with E-state index >= 15 is 0 Å². The van der Waals surface area contributed by atoms with Crippen LogP contribution in [0.5, 0.6) is 0 Å². The Morgan fingerprint density at radius 3 is 2.95 bits per heavy atom. The summed E-state index contributed by atoms with van der Waals surface area (Å²) in [7, 11) is 1.94. The monoisotopic (exact) mass is 307 g/mol. The van der Waals surface area contributed by atoms with Gasteiger partial charge >= 0.3 is 0 Å². The van der Waals surface area contributed by atoms with E-state index in [-0.39, 0.29) is 11.9 Å². The van der Waals surface area contributed by atoms with Crippen LogP contribution in [0.25, 0.3) is 0 Å². The second-order valence-electron chi connectivity index (χ2n) is 4.88. The van der Waals surface area contributed by atoms with E-state index in [2.05, 4.69) is 4.98 Å². The van der Waals surface area contributed by atoms with Gasteiger partial charge in [-0.3, -0.25) is 4.79 Å². The number of aromatic nitrogens is 2. The fourth-order valence-electron chi connectivity index (χ4n) is 2.43. The first-order chi connectivity index (χ1) is 9.68. The Balaban J connectivity index is 1.90. The van der Waals surface area contributed by atoms with Crippen LogP contribution >= 0.6 is 23.1 Å². The predicted molar refractivity (Wildman–Crippen MR) is 83.4 cm³/mol. The molecule has 2 aromatic heterocycles. The van der Waals surface area contributed by atoms with Crippen molar-refractivity contribution >= 4 is 29.0 Å². The number of carbonyl (C=O) groups is 1. The van der Waals surface area contributed by atoms with Gasteiger partial charge in [-0.1, -0.05) is 0 Å². The molecule has 106 valence electrons. The number of amides is 1. The first kappa shape index (κ1) is 13.7. The lowest BCUT2D eigenvalue weighted by Gasteiger charge is -2.34. The van der Waals surface area contributed by atoms with Crippen molar-refractivity contribution in [1.29, 1.82) is 0 Å². The fourth-order valence-corrected chi connectivity index (χ4v) is 4.33. The lowest BCUT2D eigenvalue weighted by Crippen LogP contribution is -2.41. The molecule has 0 radical (unpaired) electrons. The van der Waals surface area contributed by atoms with Crippen molar-refractivity contribution in [1.82, 2.24) is 14.5 Å². The molecule has 1 aliphatic heterocycles. The van der Waals surface area contributed by atoms with Gasteiger partial charge in [0.1, 0.15) is 10.7 Å². The summed E-state index contributed by atoms with van der Waals surface area (Å²) < 4.78 is 1.96. The van der Waals surface area contributed by atoms with Crippen LogP contribution in [-0.4, -0.2) is 38.4 Å².